The molecule has 0 bridgehead atoms. The van der Waals surface area contributed by atoms with Crippen LogP contribution in [0.5, 0.6) is 0 Å². The van der Waals surface area contributed by atoms with Gasteiger partial charge in [0.1, 0.15) is 11.6 Å². The Hall–Kier alpha value is -1.55. The summed E-state index contributed by atoms with van der Waals surface area (Å²) in [5.74, 6) is -2.18. The molecule has 0 spiro atoms. The van der Waals surface area contributed by atoms with Gasteiger partial charge in [-0.15, -0.1) is 0 Å². The molecule has 0 saturated carbocycles. The third kappa shape index (κ3) is 3.47. The van der Waals surface area contributed by atoms with Gasteiger partial charge in [0.05, 0.1) is 5.56 Å². The van der Waals surface area contributed by atoms with Gasteiger partial charge in [0, 0.05) is 10.9 Å². The van der Waals surface area contributed by atoms with E-state index in [1.54, 1.807) is 0 Å². The Bertz CT molecular complexity index is 573. The van der Waals surface area contributed by atoms with E-state index in [-0.39, 0.29) is 10.9 Å². The van der Waals surface area contributed by atoms with Crippen LogP contribution in [0.3, 0.4) is 0 Å². The van der Waals surface area contributed by atoms with Crippen molar-refractivity contribution in [3.05, 3.63) is 69.7 Å². The second-order valence-corrected chi connectivity index (χ2v) is 5.07. The maximum Gasteiger partial charge on any atom is 0.169 e. The summed E-state index contributed by atoms with van der Waals surface area (Å²) in [7, 11) is 0. The first-order chi connectivity index (χ1) is 9.08. The van der Waals surface area contributed by atoms with Crippen molar-refractivity contribution in [2.24, 2.45) is 0 Å². The van der Waals surface area contributed by atoms with E-state index in [0.717, 1.165) is 17.7 Å². The molecule has 0 radical (unpaired) electrons. The van der Waals surface area contributed by atoms with Gasteiger partial charge in [-0.05, 0) is 24.1 Å². The van der Waals surface area contributed by atoms with Crippen molar-refractivity contribution in [3.63, 3.8) is 0 Å². The minimum atomic E-state index is -0.829. The fraction of sp³-hybridized carbons (Fsp3) is 0.133. The molecule has 19 heavy (non-hydrogen) atoms. The molecule has 2 aromatic carbocycles. The highest BCUT2D eigenvalue weighted by molar-refractivity contribution is 9.10. The fourth-order valence-corrected chi connectivity index (χ4v) is 2.24. The maximum absolute atomic E-state index is 13.6. The molecular weight excluding hydrogens is 314 g/mol. The quantitative estimate of drug-likeness (QED) is 0.754. The van der Waals surface area contributed by atoms with Crippen molar-refractivity contribution in [1.82, 2.24) is 0 Å². The molecule has 98 valence electrons. The molecule has 0 unspecified atom stereocenters. The lowest BCUT2D eigenvalue weighted by Crippen LogP contribution is -2.07. The van der Waals surface area contributed by atoms with Gasteiger partial charge in [-0.1, -0.05) is 46.3 Å². The number of benzene rings is 2. The molecule has 1 nitrogen and oxygen atoms in total. The van der Waals surface area contributed by atoms with Crippen LogP contribution in [0, 0.1) is 11.6 Å². The summed E-state index contributed by atoms with van der Waals surface area (Å²) >= 11 is 2.98. The monoisotopic (exact) mass is 324 g/mol. The highest BCUT2D eigenvalue weighted by Crippen LogP contribution is 2.21. The molecule has 0 aromatic heterocycles. The third-order valence-electron chi connectivity index (χ3n) is 2.77. The molecule has 0 amide bonds. The average Bonchev–Trinajstić information content (AvgIpc) is 2.36. The van der Waals surface area contributed by atoms with Crippen molar-refractivity contribution >= 4 is 21.7 Å². The number of aryl methyl sites for hydroxylation is 1. The molecular formula is C15H11BrF2O. The molecule has 2 aromatic rings. The summed E-state index contributed by atoms with van der Waals surface area (Å²) in [6.45, 7) is 0. The minimum absolute atomic E-state index is 0.0828. The molecule has 0 aliphatic rings. The van der Waals surface area contributed by atoms with E-state index < -0.39 is 23.0 Å². The lowest BCUT2D eigenvalue weighted by molar-refractivity contribution is 0.0974. The zero-order valence-corrected chi connectivity index (χ0v) is 11.6. The van der Waals surface area contributed by atoms with Crippen molar-refractivity contribution in [2.45, 2.75) is 12.8 Å². The van der Waals surface area contributed by atoms with Gasteiger partial charge < -0.3 is 0 Å². The van der Waals surface area contributed by atoms with Crippen LogP contribution in [0.15, 0.2) is 46.9 Å². The SMILES string of the molecule is O=C(CCc1ccccc1)c1c(F)cc(Br)cc1F. The van der Waals surface area contributed by atoms with Crippen LogP contribution in [0.4, 0.5) is 8.78 Å². The van der Waals surface area contributed by atoms with Crippen LogP contribution in [0.25, 0.3) is 0 Å². The number of Topliss-reactive ketones (excluding diaryl/α,β-unsaturated/α-hetero) is 1. The Kier molecular flexibility index (Phi) is 4.43. The third-order valence-corrected chi connectivity index (χ3v) is 3.23. The van der Waals surface area contributed by atoms with Crippen molar-refractivity contribution in [2.75, 3.05) is 0 Å². The van der Waals surface area contributed by atoms with Crippen LogP contribution >= 0.6 is 15.9 Å². The second-order valence-electron chi connectivity index (χ2n) is 4.15. The fourth-order valence-electron chi connectivity index (χ4n) is 1.84. The Labute approximate surface area is 118 Å². The number of carbonyl (C=O) groups excluding carboxylic acids is 1. The van der Waals surface area contributed by atoms with Crippen LogP contribution < -0.4 is 0 Å². The summed E-state index contributed by atoms with van der Waals surface area (Å²) in [5, 5.41) is 0. The number of halogens is 3. The number of ketones is 1. The number of carbonyl (C=O) groups is 1. The van der Waals surface area contributed by atoms with Gasteiger partial charge in [0.25, 0.3) is 0 Å². The Balaban J connectivity index is 2.13. The number of rotatable bonds is 4. The van der Waals surface area contributed by atoms with Crippen molar-refractivity contribution in [3.8, 4) is 0 Å². The Morgan fingerprint density at radius 2 is 1.63 bits per heavy atom. The average molecular weight is 325 g/mol. The highest BCUT2D eigenvalue weighted by atomic mass is 79.9. The van der Waals surface area contributed by atoms with E-state index in [1.807, 2.05) is 30.3 Å². The lowest BCUT2D eigenvalue weighted by Gasteiger charge is -2.05. The van der Waals surface area contributed by atoms with Crippen LogP contribution in [0.1, 0.15) is 22.3 Å². The first kappa shape index (κ1) is 13.9. The summed E-state index contributed by atoms with van der Waals surface area (Å²) < 4.78 is 27.5. The van der Waals surface area contributed by atoms with Gasteiger partial charge in [-0.3, -0.25) is 4.79 Å². The molecule has 0 saturated heterocycles. The van der Waals surface area contributed by atoms with Gasteiger partial charge in [0.2, 0.25) is 0 Å². The molecule has 0 atom stereocenters. The summed E-state index contributed by atoms with van der Waals surface area (Å²) in [6.07, 6.45) is 0.550. The second kappa shape index (κ2) is 6.06. The smallest absolute Gasteiger partial charge is 0.169 e. The summed E-state index contributed by atoms with van der Waals surface area (Å²) in [4.78, 5) is 11.9. The van der Waals surface area contributed by atoms with E-state index in [4.69, 9.17) is 0 Å². The van der Waals surface area contributed by atoms with E-state index in [1.165, 1.54) is 0 Å². The van der Waals surface area contributed by atoms with E-state index >= 15 is 0 Å². The minimum Gasteiger partial charge on any atom is -0.294 e. The largest absolute Gasteiger partial charge is 0.294 e. The molecule has 0 aliphatic heterocycles. The zero-order chi connectivity index (χ0) is 13.8. The molecule has 4 heteroatoms. The topological polar surface area (TPSA) is 17.1 Å². The zero-order valence-electron chi connectivity index (χ0n) is 10.00. The van der Waals surface area contributed by atoms with Gasteiger partial charge >= 0.3 is 0 Å². The summed E-state index contributed by atoms with van der Waals surface area (Å²) in [6, 6.07) is 11.5. The van der Waals surface area contributed by atoms with Crippen molar-refractivity contribution < 1.29 is 13.6 Å². The molecule has 2 rings (SSSR count). The van der Waals surface area contributed by atoms with Crippen molar-refractivity contribution in [1.29, 1.82) is 0 Å². The van der Waals surface area contributed by atoms with Crippen LogP contribution in [-0.4, -0.2) is 5.78 Å². The number of hydrogen-bond donors (Lipinski definition) is 0. The Morgan fingerprint density at radius 3 is 2.21 bits per heavy atom. The predicted octanol–water partition coefficient (Wildman–Crippen LogP) is 4.54. The first-order valence-electron chi connectivity index (χ1n) is 5.79. The van der Waals surface area contributed by atoms with E-state index in [0.29, 0.717) is 6.42 Å². The van der Waals surface area contributed by atoms with E-state index in [2.05, 4.69) is 15.9 Å². The first-order valence-corrected chi connectivity index (χ1v) is 6.59. The molecule has 0 aliphatic carbocycles. The lowest BCUT2D eigenvalue weighted by atomic mass is 10.0. The molecule has 0 fully saturated rings. The highest BCUT2D eigenvalue weighted by Gasteiger charge is 2.17. The maximum atomic E-state index is 13.6. The van der Waals surface area contributed by atoms with Crippen LogP contribution in [-0.2, 0) is 6.42 Å². The normalized spacial score (nSPS) is 10.5. The number of hydrogen-bond acceptors (Lipinski definition) is 1. The molecule has 0 N–H and O–H groups in total. The Morgan fingerprint density at radius 1 is 1.05 bits per heavy atom. The summed E-state index contributed by atoms with van der Waals surface area (Å²) in [5.41, 5.74) is 0.507. The predicted molar refractivity (Wildman–Crippen MR) is 73.2 cm³/mol. The molecule has 0 heterocycles. The standard InChI is InChI=1S/C15H11BrF2O/c16-11-8-12(17)15(13(18)9-11)14(19)7-6-10-4-2-1-3-5-10/h1-5,8-9H,6-7H2. The van der Waals surface area contributed by atoms with E-state index in [9.17, 15) is 13.6 Å². The van der Waals surface area contributed by atoms with Gasteiger partial charge in [-0.2, -0.15) is 0 Å². The van der Waals surface area contributed by atoms with Gasteiger partial charge in [-0.25, -0.2) is 8.78 Å². The van der Waals surface area contributed by atoms with Crippen LogP contribution in [0.2, 0.25) is 0 Å². The van der Waals surface area contributed by atoms with Gasteiger partial charge in [0.15, 0.2) is 5.78 Å².